The maximum absolute atomic E-state index is 12.3. The second kappa shape index (κ2) is 6.57. The summed E-state index contributed by atoms with van der Waals surface area (Å²) < 4.78 is 0. The van der Waals surface area contributed by atoms with Crippen LogP contribution >= 0.6 is 11.3 Å². The fourth-order valence-electron chi connectivity index (χ4n) is 2.97. The standard InChI is InChI=1S/C18H18N4OS/c23-16(22-9-3-4-10-22)12-19-17-13-6-1-2-7-14(13)20-18(21-17)15-8-5-11-24-15/h1-2,5-8,11H,3-4,9-10,12H2,(H,19,20,21). The number of carbonyl (C=O) groups is 1. The molecule has 1 fully saturated rings. The molecule has 4 rings (SSSR count). The summed E-state index contributed by atoms with van der Waals surface area (Å²) >= 11 is 1.61. The van der Waals surface area contributed by atoms with E-state index < -0.39 is 0 Å². The summed E-state index contributed by atoms with van der Waals surface area (Å²) in [5.41, 5.74) is 0.882. The van der Waals surface area contributed by atoms with E-state index in [0.29, 0.717) is 5.82 Å². The molecule has 1 aromatic carbocycles. The number of hydrogen-bond acceptors (Lipinski definition) is 5. The normalized spacial score (nSPS) is 14.2. The molecule has 1 amide bonds. The lowest BCUT2D eigenvalue weighted by Gasteiger charge is -2.16. The fourth-order valence-corrected chi connectivity index (χ4v) is 3.62. The Labute approximate surface area is 144 Å². The molecule has 0 bridgehead atoms. The van der Waals surface area contributed by atoms with E-state index in [-0.39, 0.29) is 12.5 Å². The maximum Gasteiger partial charge on any atom is 0.241 e. The zero-order chi connectivity index (χ0) is 16.4. The van der Waals surface area contributed by atoms with Gasteiger partial charge in [0.25, 0.3) is 0 Å². The Morgan fingerprint density at radius 2 is 1.96 bits per heavy atom. The highest BCUT2D eigenvalue weighted by atomic mass is 32.1. The average molecular weight is 338 g/mol. The van der Waals surface area contributed by atoms with Gasteiger partial charge in [0.05, 0.1) is 16.9 Å². The number of likely N-dealkylation sites (tertiary alicyclic amines) is 1. The highest BCUT2D eigenvalue weighted by Crippen LogP contribution is 2.27. The molecule has 0 unspecified atom stereocenters. The van der Waals surface area contributed by atoms with Crippen molar-refractivity contribution in [2.45, 2.75) is 12.8 Å². The number of rotatable bonds is 4. The Bertz CT molecular complexity index is 857. The van der Waals surface area contributed by atoms with Crippen molar-refractivity contribution in [1.29, 1.82) is 0 Å². The number of thiophene rings is 1. The predicted octanol–water partition coefficient (Wildman–Crippen LogP) is 3.39. The summed E-state index contributed by atoms with van der Waals surface area (Å²) in [4.78, 5) is 24.5. The molecule has 1 saturated heterocycles. The van der Waals surface area contributed by atoms with Crippen LogP contribution in [-0.4, -0.2) is 40.4 Å². The van der Waals surface area contributed by atoms with Crippen LogP contribution in [0.5, 0.6) is 0 Å². The Morgan fingerprint density at radius 1 is 1.12 bits per heavy atom. The smallest absolute Gasteiger partial charge is 0.241 e. The van der Waals surface area contributed by atoms with Gasteiger partial charge in [-0.15, -0.1) is 11.3 Å². The molecule has 3 aromatic rings. The minimum Gasteiger partial charge on any atom is -0.360 e. The minimum atomic E-state index is 0.132. The summed E-state index contributed by atoms with van der Waals surface area (Å²) in [7, 11) is 0. The number of anilines is 1. The molecule has 0 radical (unpaired) electrons. The fraction of sp³-hybridized carbons (Fsp3) is 0.278. The third-order valence-electron chi connectivity index (χ3n) is 4.21. The second-order valence-electron chi connectivity index (χ2n) is 5.83. The SMILES string of the molecule is O=C(CNc1nc(-c2cccs2)nc2ccccc12)N1CCCC1. The molecule has 1 N–H and O–H groups in total. The van der Waals surface area contributed by atoms with Crippen LogP contribution in [0.25, 0.3) is 21.6 Å². The van der Waals surface area contributed by atoms with Gasteiger partial charge < -0.3 is 10.2 Å². The first kappa shape index (κ1) is 15.1. The Balaban J connectivity index is 1.64. The van der Waals surface area contributed by atoms with Crippen molar-refractivity contribution in [3.05, 3.63) is 41.8 Å². The Morgan fingerprint density at radius 3 is 2.75 bits per heavy atom. The van der Waals surface area contributed by atoms with Gasteiger partial charge in [0.15, 0.2) is 5.82 Å². The third kappa shape index (κ3) is 2.97. The van der Waals surface area contributed by atoms with Crippen LogP contribution in [0.2, 0.25) is 0 Å². The van der Waals surface area contributed by atoms with E-state index in [1.165, 1.54) is 0 Å². The van der Waals surface area contributed by atoms with Crippen LogP contribution < -0.4 is 5.32 Å². The number of benzene rings is 1. The molecule has 1 aliphatic rings. The zero-order valence-electron chi connectivity index (χ0n) is 13.2. The molecule has 6 heteroatoms. The molecule has 0 spiro atoms. The van der Waals surface area contributed by atoms with Crippen molar-refractivity contribution in [3.63, 3.8) is 0 Å². The van der Waals surface area contributed by atoms with Crippen molar-refractivity contribution in [3.8, 4) is 10.7 Å². The molecule has 24 heavy (non-hydrogen) atoms. The van der Waals surface area contributed by atoms with Crippen molar-refractivity contribution in [2.75, 3.05) is 25.0 Å². The highest BCUT2D eigenvalue weighted by Gasteiger charge is 2.18. The van der Waals surface area contributed by atoms with E-state index in [1.807, 2.05) is 46.7 Å². The van der Waals surface area contributed by atoms with Crippen LogP contribution in [-0.2, 0) is 4.79 Å². The quantitative estimate of drug-likeness (QED) is 0.792. The lowest BCUT2D eigenvalue weighted by Crippen LogP contribution is -2.33. The van der Waals surface area contributed by atoms with Crippen LogP contribution in [0.4, 0.5) is 5.82 Å². The number of fused-ring (bicyclic) bond motifs is 1. The number of hydrogen-bond donors (Lipinski definition) is 1. The number of nitrogens with zero attached hydrogens (tertiary/aromatic N) is 3. The first-order valence-electron chi connectivity index (χ1n) is 8.13. The lowest BCUT2D eigenvalue weighted by molar-refractivity contribution is -0.128. The molecular weight excluding hydrogens is 320 g/mol. The van der Waals surface area contributed by atoms with E-state index in [2.05, 4.69) is 15.3 Å². The molecule has 3 heterocycles. The van der Waals surface area contributed by atoms with Gasteiger partial charge >= 0.3 is 0 Å². The maximum atomic E-state index is 12.3. The van der Waals surface area contributed by atoms with Crippen molar-refractivity contribution in [2.24, 2.45) is 0 Å². The predicted molar refractivity (Wildman–Crippen MR) is 97.2 cm³/mol. The third-order valence-corrected chi connectivity index (χ3v) is 5.08. The average Bonchev–Trinajstić information content (AvgIpc) is 3.32. The van der Waals surface area contributed by atoms with Gasteiger partial charge in [-0.3, -0.25) is 4.79 Å². The molecule has 2 aromatic heterocycles. The molecule has 1 aliphatic heterocycles. The van der Waals surface area contributed by atoms with Gasteiger partial charge in [-0.1, -0.05) is 18.2 Å². The Kier molecular flexibility index (Phi) is 4.13. The summed E-state index contributed by atoms with van der Waals surface area (Å²) in [5.74, 6) is 1.55. The number of carbonyl (C=O) groups excluding carboxylic acids is 1. The highest BCUT2D eigenvalue weighted by molar-refractivity contribution is 7.13. The lowest BCUT2D eigenvalue weighted by atomic mass is 10.2. The summed E-state index contributed by atoms with van der Waals surface area (Å²) in [6.07, 6.45) is 2.20. The van der Waals surface area contributed by atoms with Crippen molar-refractivity contribution in [1.82, 2.24) is 14.9 Å². The van der Waals surface area contributed by atoms with E-state index in [4.69, 9.17) is 0 Å². The monoisotopic (exact) mass is 338 g/mol. The molecule has 5 nitrogen and oxygen atoms in total. The van der Waals surface area contributed by atoms with Crippen molar-refractivity contribution < 1.29 is 4.79 Å². The van der Waals surface area contributed by atoms with Gasteiger partial charge in [-0.05, 0) is 36.4 Å². The van der Waals surface area contributed by atoms with E-state index in [9.17, 15) is 4.79 Å². The van der Waals surface area contributed by atoms with E-state index in [0.717, 1.165) is 47.5 Å². The van der Waals surface area contributed by atoms with Crippen LogP contribution in [0.15, 0.2) is 41.8 Å². The summed E-state index contributed by atoms with van der Waals surface area (Å²) in [5, 5.41) is 6.18. The molecular formula is C18H18N4OS. The van der Waals surface area contributed by atoms with Gasteiger partial charge in [0.1, 0.15) is 5.82 Å². The Hall–Kier alpha value is -2.47. The van der Waals surface area contributed by atoms with E-state index >= 15 is 0 Å². The number of amides is 1. The second-order valence-corrected chi connectivity index (χ2v) is 6.78. The van der Waals surface area contributed by atoms with Gasteiger partial charge in [-0.25, -0.2) is 9.97 Å². The summed E-state index contributed by atoms with van der Waals surface area (Å²) in [6, 6.07) is 11.9. The largest absolute Gasteiger partial charge is 0.360 e. The number of para-hydroxylation sites is 1. The molecule has 0 atom stereocenters. The molecule has 0 aliphatic carbocycles. The first-order chi connectivity index (χ1) is 11.8. The molecule has 122 valence electrons. The van der Waals surface area contributed by atoms with Crippen LogP contribution in [0, 0.1) is 0 Å². The zero-order valence-corrected chi connectivity index (χ0v) is 14.1. The number of nitrogens with one attached hydrogen (secondary N) is 1. The molecule has 0 saturated carbocycles. The first-order valence-corrected chi connectivity index (χ1v) is 9.01. The van der Waals surface area contributed by atoms with Crippen LogP contribution in [0.3, 0.4) is 0 Å². The topological polar surface area (TPSA) is 58.1 Å². The van der Waals surface area contributed by atoms with E-state index in [1.54, 1.807) is 11.3 Å². The number of aromatic nitrogens is 2. The van der Waals surface area contributed by atoms with Gasteiger partial charge in [0.2, 0.25) is 5.91 Å². The summed E-state index contributed by atoms with van der Waals surface area (Å²) in [6.45, 7) is 2.00. The minimum absolute atomic E-state index is 0.132. The van der Waals surface area contributed by atoms with Gasteiger partial charge in [-0.2, -0.15) is 0 Å². The van der Waals surface area contributed by atoms with Crippen LogP contribution in [0.1, 0.15) is 12.8 Å². The van der Waals surface area contributed by atoms with Crippen molar-refractivity contribution >= 4 is 34.0 Å². The van der Waals surface area contributed by atoms with Gasteiger partial charge in [0, 0.05) is 18.5 Å².